The van der Waals surface area contributed by atoms with Crippen LogP contribution in [-0.2, 0) is 0 Å². The van der Waals surface area contributed by atoms with E-state index in [1.807, 2.05) is 31.2 Å². The number of primary amides is 1. The molecule has 0 aliphatic heterocycles. The van der Waals surface area contributed by atoms with E-state index in [1.165, 1.54) is 0 Å². The molecule has 2 rings (SSSR count). The molecule has 5 heteroatoms. The van der Waals surface area contributed by atoms with Crippen LogP contribution in [0.25, 0.3) is 5.69 Å². The highest BCUT2D eigenvalue weighted by atomic mass is 16.1. The van der Waals surface area contributed by atoms with E-state index in [-0.39, 0.29) is 11.7 Å². The maximum absolute atomic E-state index is 10.9. The van der Waals surface area contributed by atoms with Crippen LogP contribution in [0.3, 0.4) is 0 Å². The molecule has 1 atom stereocenters. The molecule has 0 aliphatic rings. The molecule has 0 saturated heterocycles. The highest BCUT2D eigenvalue weighted by Crippen LogP contribution is 2.13. The Hall–Kier alpha value is -2.14. The van der Waals surface area contributed by atoms with Crippen molar-refractivity contribution in [2.24, 2.45) is 11.5 Å². The molecule has 1 unspecified atom stereocenters. The zero-order valence-corrected chi connectivity index (χ0v) is 9.50. The topological polar surface area (TPSA) is 86.9 Å². The molecule has 0 saturated carbocycles. The average Bonchev–Trinajstić information content (AvgIpc) is 2.78. The minimum atomic E-state index is -0.532. The molecular formula is C12H14N4O. The number of rotatable bonds is 3. The SMILES string of the molecule is CC(N)c1ccc(-n2ccc(C(N)=O)n2)cc1. The fourth-order valence-corrected chi connectivity index (χ4v) is 1.53. The second kappa shape index (κ2) is 4.39. The van der Waals surface area contributed by atoms with Gasteiger partial charge in [0.2, 0.25) is 0 Å². The summed E-state index contributed by atoms with van der Waals surface area (Å²) < 4.78 is 1.60. The van der Waals surface area contributed by atoms with Gasteiger partial charge in [-0.25, -0.2) is 4.68 Å². The number of carbonyl (C=O) groups excluding carboxylic acids is 1. The molecule has 88 valence electrons. The van der Waals surface area contributed by atoms with Crippen molar-refractivity contribution in [2.75, 3.05) is 0 Å². The monoisotopic (exact) mass is 230 g/mol. The Morgan fingerprint density at radius 3 is 2.41 bits per heavy atom. The van der Waals surface area contributed by atoms with Crippen LogP contribution in [-0.4, -0.2) is 15.7 Å². The first-order chi connectivity index (χ1) is 8.08. The molecule has 0 bridgehead atoms. The van der Waals surface area contributed by atoms with Crippen molar-refractivity contribution >= 4 is 5.91 Å². The third kappa shape index (κ3) is 2.34. The lowest BCUT2D eigenvalue weighted by Gasteiger charge is -2.06. The quantitative estimate of drug-likeness (QED) is 0.824. The Morgan fingerprint density at radius 2 is 1.94 bits per heavy atom. The zero-order valence-electron chi connectivity index (χ0n) is 9.50. The third-order valence-electron chi connectivity index (χ3n) is 2.52. The summed E-state index contributed by atoms with van der Waals surface area (Å²) in [5.74, 6) is -0.532. The summed E-state index contributed by atoms with van der Waals surface area (Å²) in [4.78, 5) is 10.9. The van der Waals surface area contributed by atoms with Crippen molar-refractivity contribution in [3.8, 4) is 5.69 Å². The van der Waals surface area contributed by atoms with Gasteiger partial charge in [0.25, 0.3) is 5.91 Å². The van der Waals surface area contributed by atoms with E-state index in [0.29, 0.717) is 0 Å². The number of amides is 1. The summed E-state index contributed by atoms with van der Waals surface area (Å²) in [5, 5.41) is 4.07. The number of carbonyl (C=O) groups is 1. The molecule has 1 aromatic heterocycles. The predicted molar refractivity (Wildman–Crippen MR) is 64.7 cm³/mol. The lowest BCUT2D eigenvalue weighted by atomic mass is 10.1. The molecule has 0 radical (unpaired) electrons. The van der Waals surface area contributed by atoms with Gasteiger partial charge in [0, 0.05) is 12.2 Å². The van der Waals surface area contributed by atoms with Gasteiger partial charge in [-0.05, 0) is 30.7 Å². The highest BCUT2D eigenvalue weighted by Gasteiger charge is 2.06. The summed E-state index contributed by atoms with van der Waals surface area (Å²) in [7, 11) is 0. The number of aromatic nitrogens is 2. The first-order valence-electron chi connectivity index (χ1n) is 5.29. The standard InChI is InChI=1S/C12H14N4O/c1-8(13)9-2-4-10(5-3-9)16-7-6-11(15-16)12(14)17/h2-8H,13H2,1H3,(H2,14,17). The molecule has 1 heterocycles. The number of benzene rings is 1. The largest absolute Gasteiger partial charge is 0.364 e. The molecule has 5 nitrogen and oxygen atoms in total. The second-order valence-electron chi connectivity index (χ2n) is 3.89. The van der Waals surface area contributed by atoms with Crippen LogP contribution >= 0.6 is 0 Å². The molecule has 17 heavy (non-hydrogen) atoms. The minimum Gasteiger partial charge on any atom is -0.364 e. The van der Waals surface area contributed by atoms with Gasteiger partial charge < -0.3 is 11.5 Å². The Balaban J connectivity index is 2.30. The van der Waals surface area contributed by atoms with E-state index >= 15 is 0 Å². The van der Waals surface area contributed by atoms with Gasteiger partial charge in [0.15, 0.2) is 0 Å². The van der Waals surface area contributed by atoms with Crippen LogP contribution < -0.4 is 11.5 Å². The van der Waals surface area contributed by atoms with Crippen molar-refractivity contribution in [3.63, 3.8) is 0 Å². The number of hydrogen-bond acceptors (Lipinski definition) is 3. The fourth-order valence-electron chi connectivity index (χ4n) is 1.53. The fraction of sp³-hybridized carbons (Fsp3) is 0.167. The van der Waals surface area contributed by atoms with E-state index < -0.39 is 5.91 Å². The molecule has 0 aliphatic carbocycles. The lowest BCUT2D eigenvalue weighted by Crippen LogP contribution is -2.12. The van der Waals surface area contributed by atoms with Crippen LogP contribution in [0.5, 0.6) is 0 Å². The molecule has 1 aromatic carbocycles. The Morgan fingerprint density at radius 1 is 1.29 bits per heavy atom. The smallest absolute Gasteiger partial charge is 0.269 e. The molecular weight excluding hydrogens is 216 g/mol. The van der Waals surface area contributed by atoms with Crippen LogP contribution in [0.15, 0.2) is 36.5 Å². The molecule has 1 amide bonds. The normalized spacial score (nSPS) is 12.4. The van der Waals surface area contributed by atoms with Gasteiger partial charge in [-0.15, -0.1) is 0 Å². The molecule has 2 aromatic rings. The Bertz CT molecular complexity index is 528. The summed E-state index contributed by atoms with van der Waals surface area (Å²) in [5.41, 5.74) is 13.1. The maximum atomic E-state index is 10.9. The zero-order chi connectivity index (χ0) is 12.4. The molecule has 0 fully saturated rings. The van der Waals surface area contributed by atoms with Crippen molar-refractivity contribution < 1.29 is 4.79 Å². The lowest BCUT2D eigenvalue weighted by molar-refractivity contribution is 0.0995. The van der Waals surface area contributed by atoms with Gasteiger partial charge in [-0.3, -0.25) is 4.79 Å². The summed E-state index contributed by atoms with van der Waals surface area (Å²) in [6, 6.07) is 9.26. The van der Waals surface area contributed by atoms with Crippen molar-refractivity contribution in [3.05, 3.63) is 47.8 Å². The van der Waals surface area contributed by atoms with Crippen molar-refractivity contribution in [1.82, 2.24) is 9.78 Å². The first-order valence-corrected chi connectivity index (χ1v) is 5.29. The van der Waals surface area contributed by atoms with E-state index in [0.717, 1.165) is 11.3 Å². The van der Waals surface area contributed by atoms with Crippen LogP contribution in [0.2, 0.25) is 0 Å². The minimum absolute atomic E-state index is 0.00264. The third-order valence-corrected chi connectivity index (χ3v) is 2.52. The van der Waals surface area contributed by atoms with Gasteiger partial charge >= 0.3 is 0 Å². The van der Waals surface area contributed by atoms with Gasteiger partial charge in [0.05, 0.1) is 5.69 Å². The van der Waals surface area contributed by atoms with Crippen LogP contribution in [0.4, 0.5) is 0 Å². The Kier molecular flexibility index (Phi) is 2.93. The second-order valence-corrected chi connectivity index (χ2v) is 3.89. The summed E-state index contributed by atoms with van der Waals surface area (Å²) >= 11 is 0. The van der Waals surface area contributed by atoms with Crippen molar-refractivity contribution in [1.29, 1.82) is 0 Å². The van der Waals surface area contributed by atoms with Crippen LogP contribution in [0, 0.1) is 0 Å². The van der Waals surface area contributed by atoms with E-state index in [1.54, 1.807) is 16.9 Å². The van der Waals surface area contributed by atoms with Gasteiger partial charge in [-0.1, -0.05) is 12.1 Å². The number of nitrogens with zero attached hydrogens (tertiary/aromatic N) is 2. The summed E-state index contributed by atoms with van der Waals surface area (Å²) in [6.07, 6.45) is 1.70. The molecule has 4 N–H and O–H groups in total. The van der Waals surface area contributed by atoms with E-state index in [9.17, 15) is 4.79 Å². The molecule has 0 spiro atoms. The van der Waals surface area contributed by atoms with E-state index in [4.69, 9.17) is 11.5 Å². The Labute approximate surface area is 99.0 Å². The van der Waals surface area contributed by atoms with Crippen molar-refractivity contribution in [2.45, 2.75) is 13.0 Å². The maximum Gasteiger partial charge on any atom is 0.269 e. The number of nitrogens with two attached hydrogens (primary N) is 2. The van der Waals surface area contributed by atoms with Gasteiger partial charge in [0.1, 0.15) is 5.69 Å². The predicted octanol–water partition coefficient (Wildman–Crippen LogP) is 0.991. The van der Waals surface area contributed by atoms with Gasteiger partial charge in [-0.2, -0.15) is 5.10 Å². The summed E-state index contributed by atoms with van der Waals surface area (Å²) in [6.45, 7) is 1.92. The highest BCUT2D eigenvalue weighted by molar-refractivity contribution is 5.90. The number of hydrogen-bond donors (Lipinski definition) is 2. The average molecular weight is 230 g/mol. The van der Waals surface area contributed by atoms with E-state index in [2.05, 4.69) is 5.10 Å². The van der Waals surface area contributed by atoms with Crippen LogP contribution in [0.1, 0.15) is 29.0 Å². The first kappa shape index (κ1) is 11.3.